The average molecular weight is 294 g/mol. The van der Waals surface area contributed by atoms with Crippen LogP contribution in [0.3, 0.4) is 0 Å². The number of ether oxygens (including phenoxy) is 1. The highest BCUT2D eigenvalue weighted by Gasteiger charge is 2.33. The Hall–Kier alpha value is -2.44. The largest absolute Gasteiger partial charge is 0.493 e. The van der Waals surface area contributed by atoms with E-state index >= 15 is 0 Å². The summed E-state index contributed by atoms with van der Waals surface area (Å²) in [5.74, 6) is -1.46. The number of amides is 3. The van der Waals surface area contributed by atoms with Gasteiger partial charge >= 0.3 is 0 Å². The molecule has 0 bridgehead atoms. The molecular weight excluding hydrogens is 279 g/mol. The van der Waals surface area contributed by atoms with Gasteiger partial charge in [-0.15, -0.1) is 0 Å². The van der Waals surface area contributed by atoms with E-state index in [0.29, 0.717) is 5.75 Å². The molecule has 7 heteroatoms. The number of imide groups is 1. The molecule has 1 atom stereocenters. The lowest BCUT2D eigenvalue weighted by Gasteiger charge is -2.31. The molecule has 1 unspecified atom stereocenters. The van der Waals surface area contributed by atoms with Gasteiger partial charge in [0.25, 0.3) is 0 Å². The maximum Gasteiger partial charge on any atom is 0.249 e. The van der Waals surface area contributed by atoms with Gasteiger partial charge in [0.2, 0.25) is 17.7 Å². The van der Waals surface area contributed by atoms with Crippen LogP contribution in [0.15, 0.2) is 24.3 Å². The molecule has 0 saturated carbocycles. The Balaban J connectivity index is 1.86. The van der Waals surface area contributed by atoms with Crippen LogP contribution >= 0.6 is 0 Å². The first-order valence-corrected chi connectivity index (χ1v) is 6.49. The van der Waals surface area contributed by atoms with Crippen molar-refractivity contribution in [3.63, 3.8) is 0 Å². The van der Waals surface area contributed by atoms with Crippen LogP contribution in [0.1, 0.15) is 13.3 Å². The number of hydrogen-bond acceptors (Lipinski definition) is 4. The summed E-state index contributed by atoms with van der Waals surface area (Å²) in [5, 5.41) is 2.16. The van der Waals surface area contributed by atoms with Gasteiger partial charge in [-0.2, -0.15) is 0 Å². The zero-order chi connectivity index (χ0) is 15.4. The number of piperazine rings is 1. The summed E-state index contributed by atoms with van der Waals surface area (Å²) in [6.45, 7) is 1.44. The van der Waals surface area contributed by atoms with Crippen molar-refractivity contribution in [3.8, 4) is 5.75 Å². The number of halogens is 1. The summed E-state index contributed by atoms with van der Waals surface area (Å²) in [6, 6.07) is 4.89. The van der Waals surface area contributed by atoms with Crippen molar-refractivity contribution in [2.75, 3.05) is 13.2 Å². The lowest BCUT2D eigenvalue weighted by molar-refractivity contribution is -0.149. The lowest BCUT2D eigenvalue weighted by atomic mass is 10.2. The highest BCUT2D eigenvalue weighted by molar-refractivity contribution is 6.04. The zero-order valence-corrected chi connectivity index (χ0v) is 11.5. The standard InChI is InChI=1S/C14H15FN2O4/c1-9-14(20)16-12(18)8-17(9)13(19)5-6-21-11-4-2-3-10(15)7-11/h2-4,7,9H,5-6,8H2,1H3,(H,16,18,20). The third kappa shape index (κ3) is 3.77. The van der Waals surface area contributed by atoms with E-state index < -0.39 is 23.7 Å². The molecule has 1 aliphatic rings. The predicted molar refractivity (Wildman–Crippen MR) is 70.8 cm³/mol. The van der Waals surface area contributed by atoms with Crippen LogP contribution in [0.4, 0.5) is 4.39 Å². The van der Waals surface area contributed by atoms with Gasteiger partial charge in [0, 0.05) is 6.07 Å². The molecule has 1 aliphatic heterocycles. The number of benzene rings is 1. The third-order valence-electron chi connectivity index (χ3n) is 3.12. The van der Waals surface area contributed by atoms with Gasteiger partial charge in [0.1, 0.15) is 24.2 Å². The van der Waals surface area contributed by atoms with Crippen LogP contribution in [0.2, 0.25) is 0 Å². The molecule has 3 amide bonds. The maximum atomic E-state index is 12.9. The van der Waals surface area contributed by atoms with Gasteiger partial charge < -0.3 is 9.64 Å². The van der Waals surface area contributed by atoms with Crippen molar-refractivity contribution in [2.24, 2.45) is 0 Å². The number of carbonyl (C=O) groups is 3. The van der Waals surface area contributed by atoms with E-state index in [9.17, 15) is 18.8 Å². The van der Waals surface area contributed by atoms with Crippen molar-refractivity contribution < 1.29 is 23.5 Å². The Labute approximate surface area is 120 Å². The first-order chi connectivity index (χ1) is 9.97. The summed E-state index contributed by atoms with van der Waals surface area (Å²) < 4.78 is 18.2. The Morgan fingerprint density at radius 2 is 2.24 bits per heavy atom. The average Bonchev–Trinajstić information content (AvgIpc) is 2.42. The zero-order valence-electron chi connectivity index (χ0n) is 11.5. The molecule has 1 aromatic carbocycles. The molecule has 1 N–H and O–H groups in total. The van der Waals surface area contributed by atoms with Gasteiger partial charge in [0.05, 0.1) is 13.0 Å². The van der Waals surface area contributed by atoms with E-state index in [-0.39, 0.29) is 25.5 Å². The first kappa shape index (κ1) is 15.0. The maximum absolute atomic E-state index is 12.9. The smallest absolute Gasteiger partial charge is 0.249 e. The topological polar surface area (TPSA) is 75.7 Å². The van der Waals surface area contributed by atoms with Crippen LogP contribution in [0.5, 0.6) is 5.75 Å². The fourth-order valence-corrected chi connectivity index (χ4v) is 1.98. The normalized spacial score (nSPS) is 18.4. The van der Waals surface area contributed by atoms with E-state index in [1.165, 1.54) is 23.1 Å². The van der Waals surface area contributed by atoms with Gasteiger partial charge in [-0.3, -0.25) is 19.7 Å². The van der Waals surface area contributed by atoms with E-state index in [1.54, 1.807) is 13.0 Å². The molecule has 0 aliphatic carbocycles. The van der Waals surface area contributed by atoms with Gasteiger partial charge in [-0.05, 0) is 19.1 Å². The van der Waals surface area contributed by atoms with Crippen molar-refractivity contribution in [1.82, 2.24) is 10.2 Å². The third-order valence-corrected chi connectivity index (χ3v) is 3.12. The summed E-state index contributed by atoms with van der Waals surface area (Å²) in [5.41, 5.74) is 0. The van der Waals surface area contributed by atoms with Crippen LogP contribution in [-0.4, -0.2) is 41.8 Å². The second-order valence-electron chi connectivity index (χ2n) is 4.67. The fourth-order valence-electron chi connectivity index (χ4n) is 1.98. The molecule has 21 heavy (non-hydrogen) atoms. The van der Waals surface area contributed by atoms with Crippen molar-refractivity contribution in [1.29, 1.82) is 0 Å². The molecule has 1 saturated heterocycles. The molecular formula is C14H15FN2O4. The monoisotopic (exact) mass is 294 g/mol. The van der Waals surface area contributed by atoms with Crippen molar-refractivity contribution >= 4 is 17.7 Å². The minimum atomic E-state index is -0.690. The molecule has 2 rings (SSSR count). The van der Waals surface area contributed by atoms with Crippen LogP contribution in [-0.2, 0) is 14.4 Å². The Morgan fingerprint density at radius 3 is 2.95 bits per heavy atom. The Morgan fingerprint density at radius 1 is 1.48 bits per heavy atom. The highest BCUT2D eigenvalue weighted by Crippen LogP contribution is 2.13. The highest BCUT2D eigenvalue weighted by atomic mass is 19.1. The Kier molecular flexibility index (Phi) is 4.52. The molecule has 1 aromatic rings. The lowest BCUT2D eigenvalue weighted by Crippen LogP contribution is -2.58. The summed E-state index contributed by atoms with van der Waals surface area (Å²) in [6.07, 6.45) is 0.00140. The minimum absolute atomic E-state index is 0.00140. The van der Waals surface area contributed by atoms with Crippen molar-refractivity contribution in [2.45, 2.75) is 19.4 Å². The summed E-state index contributed by atoms with van der Waals surface area (Å²) >= 11 is 0. The molecule has 0 radical (unpaired) electrons. The number of carbonyl (C=O) groups excluding carboxylic acids is 3. The van der Waals surface area contributed by atoms with Crippen LogP contribution in [0.25, 0.3) is 0 Å². The molecule has 1 fully saturated rings. The van der Waals surface area contributed by atoms with Gasteiger partial charge in [-0.25, -0.2) is 4.39 Å². The number of rotatable bonds is 4. The first-order valence-electron chi connectivity index (χ1n) is 6.49. The van der Waals surface area contributed by atoms with Gasteiger partial charge in [0.15, 0.2) is 0 Å². The Bertz CT molecular complexity index is 576. The molecule has 0 aromatic heterocycles. The quantitative estimate of drug-likeness (QED) is 0.819. The number of nitrogens with one attached hydrogen (secondary N) is 1. The van der Waals surface area contributed by atoms with E-state index in [4.69, 9.17) is 4.74 Å². The summed E-state index contributed by atoms with van der Waals surface area (Å²) in [4.78, 5) is 35.9. The fraction of sp³-hybridized carbons (Fsp3) is 0.357. The van der Waals surface area contributed by atoms with Crippen LogP contribution < -0.4 is 10.1 Å². The molecule has 112 valence electrons. The predicted octanol–water partition coefficient (Wildman–Crippen LogP) is 0.468. The number of nitrogens with zero attached hydrogens (tertiary/aromatic N) is 1. The summed E-state index contributed by atoms with van der Waals surface area (Å²) in [7, 11) is 0. The molecule has 1 heterocycles. The second kappa shape index (κ2) is 6.34. The van der Waals surface area contributed by atoms with Gasteiger partial charge in [-0.1, -0.05) is 6.07 Å². The second-order valence-corrected chi connectivity index (χ2v) is 4.67. The van der Waals surface area contributed by atoms with Crippen molar-refractivity contribution in [3.05, 3.63) is 30.1 Å². The van der Waals surface area contributed by atoms with E-state index in [1.807, 2.05) is 0 Å². The van der Waals surface area contributed by atoms with Crippen LogP contribution in [0, 0.1) is 5.82 Å². The molecule has 0 spiro atoms. The minimum Gasteiger partial charge on any atom is -0.493 e. The van der Waals surface area contributed by atoms with E-state index in [2.05, 4.69) is 5.32 Å². The number of hydrogen-bond donors (Lipinski definition) is 1. The van der Waals surface area contributed by atoms with E-state index in [0.717, 1.165) is 0 Å². The molecule has 6 nitrogen and oxygen atoms in total. The SMILES string of the molecule is CC1C(=O)NC(=O)CN1C(=O)CCOc1cccc(F)c1.